The molecule has 0 aliphatic rings. The Morgan fingerprint density at radius 2 is 0.432 bits per heavy atom. The standard InChI is InChI=1S/2C18H15P.CH2Cl2.2ClH.Pd/c2*1-4-10-16(11-5-1)19(17-12-6-2-7-13-17)18-14-8-3-9-15-18;2-1-3;;;/h2*1-15H;1H2;2*1H;/q;;;;;+2. The minimum atomic E-state index is -0.877. The second-order valence-electron chi connectivity index (χ2n) is 9.09. The average Bonchev–Trinajstić information content (AvgIpc) is 3.09. The van der Waals surface area contributed by atoms with Gasteiger partial charge >= 0.3 is 35.0 Å². The summed E-state index contributed by atoms with van der Waals surface area (Å²) >= 11 is 9.42. The van der Waals surface area contributed by atoms with Crippen LogP contribution in [0.5, 0.6) is 0 Å². The number of halogens is 4. The van der Waals surface area contributed by atoms with Crippen molar-refractivity contribution in [3.8, 4) is 0 Å². The van der Waals surface area contributed by atoms with Crippen LogP contribution >= 0.6 is 58.1 Å². The molecule has 228 valence electrons. The molecule has 0 nitrogen and oxygen atoms in total. The topological polar surface area (TPSA) is 0 Å². The Balaban J connectivity index is 0.000000204. The van der Waals surface area contributed by atoms with E-state index in [4.69, 9.17) is 42.3 Å². The van der Waals surface area contributed by atoms with Crippen LogP contribution in [-0.4, -0.2) is 5.34 Å². The van der Waals surface area contributed by atoms with E-state index in [1.807, 2.05) is 0 Å². The Morgan fingerprint density at radius 1 is 0.318 bits per heavy atom. The molecule has 0 fully saturated rings. The minimum Gasteiger partial charge on any atom is -0.0620 e. The molecule has 0 aromatic heterocycles. The van der Waals surface area contributed by atoms with E-state index in [0.717, 1.165) is 0 Å². The quantitative estimate of drug-likeness (QED) is 0.0898. The Morgan fingerprint density at radius 3 is 0.545 bits per heavy atom. The molecule has 0 saturated heterocycles. The van der Waals surface area contributed by atoms with E-state index in [0.29, 0.717) is 0 Å². The maximum atomic E-state index is 4.81. The summed E-state index contributed by atoms with van der Waals surface area (Å²) in [5, 5.41) is 8.81. The van der Waals surface area contributed by atoms with E-state index in [2.05, 4.69) is 182 Å². The average molecular weight is 789 g/mol. The first-order valence-corrected chi connectivity index (χ1v) is 21.8. The van der Waals surface area contributed by atoms with Crippen molar-refractivity contribution < 1.29 is 15.9 Å². The van der Waals surface area contributed by atoms with E-state index in [1.165, 1.54) is 31.8 Å². The van der Waals surface area contributed by atoms with Gasteiger partial charge in [-0.15, -0.1) is 23.2 Å². The smallest absolute Gasteiger partial charge is 0.0620 e. The van der Waals surface area contributed by atoms with Crippen molar-refractivity contribution in [2.75, 3.05) is 5.34 Å². The van der Waals surface area contributed by atoms with Gasteiger partial charge in [-0.1, -0.05) is 109 Å². The van der Waals surface area contributed by atoms with Crippen LogP contribution in [0, 0.1) is 0 Å². The van der Waals surface area contributed by atoms with Gasteiger partial charge in [-0.2, -0.15) is 0 Å². The van der Waals surface area contributed by atoms with E-state index >= 15 is 0 Å². The van der Waals surface area contributed by atoms with Crippen molar-refractivity contribution in [2.45, 2.75) is 0 Å². The Labute approximate surface area is 291 Å². The zero-order valence-corrected chi connectivity index (χ0v) is 30.4. The Hall–Kier alpha value is -2.00. The van der Waals surface area contributed by atoms with Gasteiger partial charge in [0.2, 0.25) is 0 Å². The van der Waals surface area contributed by atoms with Gasteiger partial charge in [0.15, 0.2) is 0 Å². The number of alkyl halides is 2. The molecule has 6 aromatic rings. The molecule has 6 aromatic carbocycles. The van der Waals surface area contributed by atoms with Crippen LogP contribution in [0.3, 0.4) is 0 Å². The van der Waals surface area contributed by atoms with Gasteiger partial charge < -0.3 is 0 Å². The van der Waals surface area contributed by atoms with Crippen molar-refractivity contribution in [1.29, 1.82) is 0 Å². The van der Waals surface area contributed by atoms with E-state index in [-0.39, 0.29) is 21.3 Å². The fraction of sp³-hybridized carbons (Fsp3) is 0.0270. The first-order valence-electron chi connectivity index (χ1n) is 13.7. The second-order valence-corrected chi connectivity index (χ2v) is 17.2. The van der Waals surface area contributed by atoms with Crippen molar-refractivity contribution >= 4 is 89.9 Å². The summed E-state index contributed by atoms with van der Waals surface area (Å²) in [5.74, 6) is 0. The van der Waals surface area contributed by atoms with Gasteiger partial charge in [0.25, 0.3) is 0 Å². The maximum Gasteiger partial charge on any atom is 0.102 e. The molecule has 7 heteroatoms. The predicted molar refractivity (Wildman–Crippen MR) is 201 cm³/mol. The van der Waals surface area contributed by atoms with E-state index < -0.39 is 15.8 Å². The zero-order valence-electron chi connectivity index (χ0n) is 23.9. The fourth-order valence-electron chi connectivity index (χ4n) is 4.63. The first-order chi connectivity index (χ1) is 21.7. The predicted octanol–water partition coefficient (Wildman–Crippen LogP) is 9.15. The second kappa shape index (κ2) is 22.5. The zero-order chi connectivity index (χ0) is 31.2. The molecule has 0 bridgehead atoms. The van der Waals surface area contributed by atoms with Crippen LogP contribution in [0.4, 0.5) is 0 Å². The van der Waals surface area contributed by atoms with Crippen molar-refractivity contribution in [2.24, 2.45) is 0 Å². The number of hydrogen-bond donors (Lipinski definition) is 0. The SMILES string of the molecule is ClCCl.[Cl][Pd][Cl].c1ccc([PH+](c2ccccc2)c2ccccc2)cc1.c1ccc([PH+](c2ccccc2)c2ccccc2)cc1. The Kier molecular flexibility index (Phi) is 18.6. The van der Waals surface area contributed by atoms with Gasteiger partial charge in [0.1, 0.15) is 31.8 Å². The number of rotatable bonds is 6. The third-order valence-corrected chi connectivity index (χ3v) is 11.8. The molecule has 0 aliphatic heterocycles. The molecule has 6 rings (SSSR count). The molecule has 0 atom stereocenters. The summed E-state index contributed by atoms with van der Waals surface area (Å²) in [7, 11) is 7.87. The third-order valence-electron chi connectivity index (χ3n) is 6.37. The molecular formula is C37H34Cl4P2Pd+2. The minimum absolute atomic E-state index is 0.106. The third kappa shape index (κ3) is 12.4. The van der Waals surface area contributed by atoms with Crippen molar-refractivity contribution in [3.63, 3.8) is 0 Å². The van der Waals surface area contributed by atoms with E-state index in [1.54, 1.807) is 0 Å². The molecule has 44 heavy (non-hydrogen) atoms. The molecular weight excluding hydrogens is 755 g/mol. The van der Waals surface area contributed by atoms with Crippen LogP contribution in [0.1, 0.15) is 0 Å². The van der Waals surface area contributed by atoms with Gasteiger partial charge in [-0.3, -0.25) is 0 Å². The molecule has 0 amide bonds. The molecule has 0 unspecified atom stereocenters. The van der Waals surface area contributed by atoms with Gasteiger partial charge in [0, 0.05) is 0 Å². The van der Waals surface area contributed by atoms with Crippen LogP contribution in [0.15, 0.2) is 182 Å². The Bertz CT molecular complexity index is 1220. The normalized spacial score (nSPS) is 10.0. The summed E-state index contributed by atoms with van der Waals surface area (Å²) in [4.78, 5) is 0. The van der Waals surface area contributed by atoms with Gasteiger partial charge in [-0.25, -0.2) is 0 Å². The summed E-state index contributed by atoms with van der Waals surface area (Å²) in [6.45, 7) is 0. The van der Waals surface area contributed by atoms with Gasteiger partial charge in [0.05, 0.1) is 21.2 Å². The first kappa shape index (κ1) is 36.5. The maximum absolute atomic E-state index is 4.81. The van der Waals surface area contributed by atoms with Crippen LogP contribution < -0.4 is 31.8 Å². The van der Waals surface area contributed by atoms with Crippen LogP contribution in [0.25, 0.3) is 0 Å². The molecule has 0 radical (unpaired) electrons. The number of hydrogen-bond acceptors (Lipinski definition) is 0. The van der Waals surface area contributed by atoms with Crippen LogP contribution in [-0.2, 0) is 15.9 Å². The van der Waals surface area contributed by atoms with Crippen LogP contribution in [0.2, 0.25) is 0 Å². The largest absolute Gasteiger partial charge is 0.102 e. The monoisotopic (exact) mass is 786 g/mol. The number of benzene rings is 6. The molecule has 0 spiro atoms. The molecule has 0 N–H and O–H groups in total. The van der Waals surface area contributed by atoms with Gasteiger partial charge in [-0.05, 0) is 72.8 Å². The van der Waals surface area contributed by atoms with Crippen molar-refractivity contribution in [3.05, 3.63) is 182 Å². The summed E-state index contributed by atoms with van der Waals surface area (Å²) in [6, 6.07) is 65.0. The molecule has 0 aliphatic carbocycles. The van der Waals surface area contributed by atoms with Crippen molar-refractivity contribution in [1.82, 2.24) is 0 Å². The van der Waals surface area contributed by atoms with E-state index in [9.17, 15) is 0 Å². The molecule has 0 heterocycles. The summed E-state index contributed by atoms with van der Waals surface area (Å²) < 4.78 is 0. The molecule has 0 saturated carbocycles. The summed E-state index contributed by atoms with van der Waals surface area (Å²) in [5.41, 5.74) is 0. The summed E-state index contributed by atoms with van der Waals surface area (Å²) in [6.07, 6.45) is 0. The fourth-order valence-corrected chi connectivity index (χ4v) is 9.78.